The zero-order chi connectivity index (χ0) is 14.9. The van der Waals surface area contributed by atoms with Crippen molar-refractivity contribution in [3.63, 3.8) is 0 Å². The van der Waals surface area contributed by atoms with E-state index in [1.165, 1.54) is 0 Å². The molecule has 0 aliphatic carbocycles. The molecule has 0 unspecified atom stereocenters. The van der Waals surface area contributed by atoms with E-state index in [2.05, 4.69) is 10.4 Å². The minimum atomic E-state index is -0.625. The molecule has 1 amide bonds. The maximum Gasteiger partial charge on any atom is 0.248 e. The van der Waals surface area contributed by atoms with Crippen LogP contribution in [0.1, 0.15) is 20.3 Å². The molecule has 2 heterocycles. The smallest absolute Gasteiger partial charge is 0.248 e. The van der Waals surface area contributed by atoms with E-state index in [9.17, 15) is 4.79 Å². The minimum Gasteiger partial charge on any atom is -0.449 e. The van der Waals surface area contributed by atoms with E-state index < -0.39 is 5.79 Å². The number of nitrogens with zero attached hydrogens (tertiary/aromatic N) is 2. The molecule has 0 fully saturated rings. The molecular formula is C15H17N3O3. The molecule has 3 rings (SSSR count). The first-order valence-corrected chi connectivity index (χ1v) is 6.87. The molecule has 1 aliphatic rings. The van der Waals surface area contributed by atoms with Crippen LogP contribution in [0.15, 0.2) is 36.7 Å². The number of amides is 1. The van der Waals surface area contributed by atoms with Crippen LogP contribution in [-0.4, -0.2) is 21.5 Å². The second-order valence-corrected chi connectivity index (χ2v) is 5.10. The van der Waals surface area contributed by atoms with Gasteiger partial charge >= 0.3 is 0 Å². The number of nitrogens with one attached hydrogen (secondary N) is 1. The van der Waals surface area contributed by atoms with Crippen molar-refractivity contribution >= 4 is 11.6 Å². The molecule has 1 aromatic carbocycles. The quantitative estimate of drug-likeness (QED) is 0.938. The third kappa shape index (κ3) is 2.84. The standard InChI is InChI=1S/C15H17N3O3/c1-3-15(2)20-12-6-5-11(9-13(12)21-15)17-14(19)10-18-8-4-7-16-18/h4-9H,3,10H2,1-2H3,(H,17,19)/t15-/m0/s1. The highest BCUT2D eigenvalue weighted by Crippen LogP contribution is 2.41. The summed E-state index contributed by atoms with van der Waals surface area (Å²) in [5.74, 6) is 0.580. The van der Waals surface area contributed by atoms with Crippen LogP contribution in [0.2, 0.25) is 0 Å². The zero-order valence-corrected chi connectivity index (χ0v) is 12.0. The van der Waals surface area contributed by atoms with Crippen molar-refractivity contribution in [1.29, 1.82) is 0 Å². The van der Waals surface area contributed by atoms with E-state index in [-0.39, 0.29) is 12.5 Å². The van der Waals surface area contributed by atoms with Crippen LogP contribution in [-0.2, 0) is 11.3 Å². The van der Waals surface area contributed by atoms with Gasteiger partial charge in [0.25, 0.3) is 0 Å². The van der Waals surface area contributed by atoms with Crippen molar-refractivity contribution in [2.75, 3.05) is 5.32 Å². The largest absolute Gasteiger partial charge is 0.449 e. The van der Waals surface area contributed by atoms with E-state index in [1.807, 2.05) is 13.8 Å². The Balaban J connectivity index is 1.68. The number of benzene rings is 1. The van der Waals surface area contributed by atoms with Crippen molar-refractivity contribution in [2.24, 2.45) is 0 Å². The van der Waals surface area contributed by atoms with Gasteiger partial charge in [-0.2, -0.15) is 5.10 Å². The van der Waals surface area contributed by atoms with Gasteiger partial charge < -0.3 is 14.8 Å². The summed E-state index contributed by atoms with van der Waals surface area (Å²) in [6.07, 6.45) is 4.12. The van der Waals surface area contributed by atoms with Gasteiger partial charge in [-0.15, -0.1) is 0 Å². The highest BCUT2D eigenvalue weighted by atomic mass is 16.7. The van der Waals surface area contributed by atoms with Crippen LogP contribution < -0.4 is 14.8 Å². The molecule has 1 atom stereocenters. The van der Waals surface area contributed by atoms with Gasteiger partial charge in [0.2, 0.25) is 11.7 Å². The molecule has 1 aromatic heterocycles. The van der Waals surface area contributed by atoms with E-state index in [4.69, 9.17) is 9.47 Å². The van der Waals surface area contributed by atoms with Crippen LogP contribution in [0.5, 0.6) is 11.5 Å². The Hall–Kier alpha value is -2.50. The van der Waals surface area contributed by atoms with Crippen LogP contribution in [0.4, 0.5) is 5.69 Å². The lowest BCUT2D eigenvalue weighted by atomic mass is 10.2. The van der Waals surface area contributed by atoms with E-state index in [0.717, 1.165) is 6.42 Å². The second kappa shape index (κ2) is 5.12. The highest BCUT2D eigenvalue weighted by Gasteiger charge is 2.34. The summed E-state index contributed by atoms with van der Waals surface area (Å²) in [4.78, 5) is 11.9. The third-order valence-electron chi connectivity index (χ3n) is 3.39. The molecule has 0 radical (unpaired) electrons. The Morgan fingerprint density at radius 2 is 2.19 bits per heavy atom. The zero-order valence-electron chi connectivity index (χ0n) is 12.0. The van der Waals surface area contributed by atoms with Gasteiger partial charge in [0.1, 0.15) is 6.54 Å². The average Bonchev–Trinajstić information content (AvgIpc) is 3.05. The Bertz CT molecular complexity index is 654. The number of aromatic nitrogens is 2. The molecule has 6 nitrogen and oxygen atoms in total. The SMILES string of the molecule is CC[C@@]1(C)Oc2ccc(NC(=O)Cn3cccn3)cc2O1. The number of anilines is 1. The first-order chi connectivity index (χ1) is 10.1. The van der Waals surface area contributed by atoms with Crippen molar-refractivity contribution in [1.82, 2.24) is 9.78 Å². The molecule has 6 heteroatoms. The summed E-state index contributed by atoms with van der Waals surface area (Å²) in [6, 6.07) is 7.15. The van der Waals surface area contributed by atoms with Crippen LogP contribution in [0.3, 0.4) is 0 Å². The van der Waals surface area contributed by atoms with Gasteiger partial charge in [-0.25, -0.2) is 0 Å². The van der Waals surface area contributed by atoms with Gasteiger partial charge in [-0.1, -0.05) is 6.92 Å². The van der Waals surface area contributed by atoms with Crippen LogP contribution in [0, 0.1) is 0 Å². The molecule has 0 saturated heterocycles. The summed E-state index contributed by atoms with van der Waals surface area (Å²) in [6.45, 7) is 4.07. The third-order valence-corrected chi connectivity index (χ3v) is 3.39. The maximum absolute atomic E-state index is 11.9. The molecule has 0 bridgehead atoms. The normalized spacial score (nSPS) is 19.5. The van der Waals surface area contributed by atoms with Gasteiger partial charge in [0, 0.05) is 37.5 Å². The summed E-state index contributed by atoms with van der Waals surface area (Å²) in [5.41, 5.74) is 0.676. The molecule has 1 aliphatic heterocycles. The lowest BCUT2D eigenvalue weighted by Crippen LogP contribution is -2.33. The molecule has 2 aromatic rings. The van der Waals surface area contributed by atoms with Crippen molar-refractivity contribution < 1.29 is 14.3 Å². The topological polar surface area (TPSA) is 65.4 Å². The number of carbonyl (C=O) groups excluding carboxylic acids is 1. The average molecular weight is 287 g/mol. The molecule has 21 heavy (non-hydrogen) atoms. The fourth-order valence-corrected chi connectivity index (χ4v) is 2.12. The van der Waals surface area contributed by atoms with E-state index in [1.54, 1.807) is 41.3 Å². The fraction of sp³-hybridized carbons (Fsp3) is 0.333. The fourth-order valence-electron chi connectivity index (χ4n) is 2.12. The first kappa shape index (κ1) is 13.5. The molecule has 1 N–H and O–H groups in total. The lowest BCUT2D eigenvalue weighted by Gasteiger charge is -2.20. The van der Waals surface area contributed by atoms with Gasteiger partial charge in [-0.3, -0.25) is 9.48 Å². The summed E-state index contributed by atoms with van der Waals surface area (Å²) >= 11 is 0. The number of hydrogen-bond donors (Lipinski definition) is 1. The van der Waals surface area contributed by atoms with Gasteiger partial charge in [0.05, 0.1) is 0 Å². The Morgan fingerprint density at radius 1 is 1.38 bits per heavy atom. The molecular weight excluding hydrogens is 270 g/mol. The Morgan fingerprint density at radius 3 is 2.90 bits per heavy atom. The number of rotatable bonds is 4. The van der Waals surface area contributed by atoms with Gasteiger partial charge in [0.15, 0.2) is 11.5 Å². The predicted octanol–water partition coefficient (Wildman–Crippen LogP) is 2.42. The van der Waals surface area contributed by atoms with Crippen molar-refractivity contribution in [2.45, 2.75) is 32.6 Å². The minimum absolute atomic E-state index is 0.143. The summed E-state index contributed by atoms with van der Waals surface area (Å²) in [5, 5.41) is 6.82. The highest BCUT2D eigenvalue weighted by molar-refractivity contribution is 5.90. The number of hydrogen-bond acceptors (Lipinski definition) is 4. The molecule has 0 saturated carbocycles. The van der Waals surface area contributed by atoms with Crippen LogP contribution >= 0.6 is 0 Å². The Kier molecular flexibility index (Phi) is 3.29. The maximum atomic E-state index is 11.9. The molecule has 110 valence electrons. The van der Waals surface area contributed by atoms with E-state index >= 15 is 0 Å². The van der Waals surface area contributed by atoms with Crippen molar-refractivity contribution in [3.05, 3.63) is 36.7 Å². The summed E-state index contributed by atoms with van der Waals surface area (Å²) < 4.78 is 13.1. The summed E-state index contributed by atoms with van der Waals surface area (Å²) in [7, 11) is 0. The second-order valence-electron chi connectivity index (χ2n) is 5.10. The van der Waals surface area contributed by atoms with Crippen molar-refractivity contribution in [3.8, 4) is 11.5 Å². The predicted molar refractivity (Wildman–Crippen MR) is 77.3 cm³/mol. The lowest BCUT2D eigenvalue weighted by molar-refractivity contribution is -0.116. The first-order valence-electron chi connectivity index (χ1n) is 6.87. The van der Waals surface area contributed by atoms with Gasteiger partial charge in [-0.05, 0) is 18.2 Å². The van der Waals surface area contributed by atoms with E-state index in [0.29, 0.717) is 17.2 Å². The number of ether oxygens (including phenoxy) is 2. The monoisotopic (exact) mass is 287 g/mol. The molecule has 0 spiro atoms. The van der Waals surface area contributed by atoms with Crippen LogP contribution in [0.25, 0.3) is 0 Å². The number of carbonyl (C=O) groups is 1. The number of fused-ring (bicyclic) bond motifs is 1. The Labute approximate surface area is 122 Å².